The molecule has 2 atom stereocenters. The van der Waals surface area contributed by atoms with Crippen LogP contribution in [0.1, 0.15) is 19.8 Å². The van der Waals surface area contributed by atoms with Gasteiger partial charge in [-0.05, 0) is 12.7 Å². The maximum atomic E-state index is 11.7. The molecule has 8 nitrogen and oxygen atoms in total. The minimum atomic E-state index is -1.17. The van der Waals surface area contributed by atoms with Gasteiger partial charge < -0.3 is 20.8 Å². The van der Waals surface area contributed by atoms with Gasteiger partial charge in [-0.1, -0.05) is 6.92 Å². The van der Waals surface area contributed by atoms with Gasteiger partial charge in [0.15, 0.2) is 0 Å². The van der Waals surface area contributed by atoms with E-state index in [-0.39, 0.29) is 12.8 Å². The number of thioether (sulfide) groups is 1. The molecule has 4 N–H and O–H groups in total. The lowest BCUT2D eigenvalue weighted by Gasteiger charge is -2.17. The molecule has 0 fully saturated rings. The minimum absolute atomic E-state index is 0.00937. The van der Waals surface area contributed by atoms with E-state index < -0.39 is 42.3 Å². The number of carboxylic acids is 2. The van der Waals surface area contributed by atoms with Crippen LogP contribution in [0.25, 0.3) is 0 Å². The summed E-state index contributed by atoms with van der Waals surface area (Å²) in [6.45, 7) is 0.976. The summed E-state index contributed by atoms with van der Waals surface area (Å²) in [5, 5.41) is 21.9. The lowest BCUT2D eigenvalue weighted by atomic mass is 10.1. The number of rotatable bonds is 10. The monoisotopic (exact) mass is 320 g/mol. The van der Waals surface area contributed by atoms with Crippen molar-refractivity contribution in [2.75, 3.05) is 18.6 Å². The molecule has 0 unspecified atom stereocenters. The molecule has 0 heterocycles. The van der Waals surface area contributed by atoms with Crippen LogP contribution in [0.5, 0.6) is 0 Å². The molecule has 0 saturated heterocycles. The number of carboxylic acid groups (broad SMARTS) is 2. The Bertz CT molecular complexity index is 401. The summed E-state index contributed by atoms with van der Waals surface area (Å²) < 4.78 is 0. The van der Waals surface area contributed by atoms with Gasteiger partial charge in [-0.15, -0.1) is 0 Å². The number of aliphatic carboxylic acids is 2. The third-order valence-electron chi connectivity index (χ3n) is 2.62. The average molecular weight is 320 g/mol. The van der Waals surface area contributed by atoms with Gasteiger partial charge in [0.1, 0.15) is 12.6 Å². The summed E-state index contributed by atoms with van der Waals surface area (Å²) in [5.41, 5.74) is 0. The standard InChI is InChI=1S/C12H20N2O6S/c1-7(12(19)20)3-4-9(15)14-8(6-21-2)11(18)13-5-10(16)17/h7-8H,3-6H2,1-2H3,(H,13,18)(H,14,15)(H,16,17)(H,19,20)/t7-,8-/m0/s1. The summed E-state index contributed by atoms with van der Waals surface area (Å²) in [6, 6.07) is -0.841. The maximum Gasteiger partial charge on any atom is 0.322 e. The predicted molar refractivity (Wildman–Crippen MR) is 77.0 cm³/mol. The van der Waals surface area contributed by atoms with E-state index in [9.17, 15) is 19.2 Å². The second kappa shape index (κ2) is 10.0. The molecule has 0 aliphatic carbocycles. The molecular weight excluding hydrogens is 300 g/mol. The Morgan fingerprint density at radius 1 is 1.19 bits per heavy atom. The van der Waals surface area contributed by atoms with Crippen LogP contribution in [0.4, 0.5) is 0 Å². The van der Waals surface area contributed by atoms with Crippen molar-refractivity contribution in [3.8, 4) is 0 Å². The molecule has 0 rings (SSSR count). The largest absolute Gasteiger partial charge is 0.481 e. The van der Waals surface area contributed by atoms with E-state index >= 15 is 0 Å². The molecule has 0 radical (unpaired) electrons. The van der Waals surface area contributed by atoms with Crippen molar-refractivity contribution in [2.24, 2.45) is 5.92 Å². The van der Waals surface area contributed by atoms with Crippen molar-refractivity contribution in [3.63, 3.8) is 0 Å². The zero-order valence-electron chi connectivity index (χ0n) is 11.9. The molecule has 2 amide bonds. The van der Waals surface area contributed by atoms with Crippen molar-refractivity contribution in [2.45, 2.75) is 25.8 Å². The molecule has 0 aromatic carbocycles. The van der Waals surface area contributed by atoms with E-state index in [0.717, 1.165) is 0 Å². The molecule has 0 aliphatic rings. The Morgan fingerprint density at radius 3 is 2.29 bits per heavy atom. The zero-order valence-corrected chi connectivity index (χ0v) is 12.7. The van der Waals surface area contributed by atoms with Crippen LogP contribution in [0, 0.1) is 5.92 Å². The predicted octanol–water partition coefficient (Wildman–Crippen LogP) is -0.464. The molecule has 9 heteroatoms. The Balaban J connectivity index is 4.35. The minimum Gasteiger partial charge on any atom is -0.481 e. The lowest BCUT2D eigenvalue weighted by molar-refractivity contribution is -0.141. The fourth-order valence-corrected chi connectivity index (χ4v) is 1.94. The molecule has 0 bridgehead atoms. The van der Waals surface area contributed by atoms with Gasteiger partial charge >= 0.3 is 11.9 Å². The number of nitrogens with one attached hydrogen (secondary N) is 2. The topological polar surface area (TPSA) is 133 Å². The number of carbonyl (C=O) groups is 4. The van der Waals surface area contributed by atoms with Gasteiger partial charge in [0.25, 0.3) is 0 Å². The van der Waals surface area contributed by atoms with Crippen LogP contribution in [0.15, 0.2) is 0 Å². The van der Waals surface area contributed by atoms with Crippen molar-refractivity contribution in [3.05, 3.63) is 0 Å². The van der Waals surface area contributed by atoms with Gasteiger partial charge in [-0.3, -0.25) is 19.2 Å². The van der Waals surface area contributed by atoms with E-state index in [1.807, 2.05) is 0 Å². The molecule has 0 aromatic heterocycles. The van der Waals surface area contributed by atoms with E-state index in [0.29, 0.717) is 5.75 Å². The van der Waals surface area contributed by atoms with E-state index in [4.69, 9.17) is 10.2 Å². The van der Waals surface area contributed by atoms with Crippen LogP contribution in [-0.2, 0) is 19.2 Å². The van der Waals surface area contributed by atoms with Crippen LogP contribution in [-0.4, -0.2) is 58.6 Å². The second-order valence-electron chi connectivity index (χ2n) is 4.46. The Kier molecular flexibility index (Phi) is 9.18. The molecule has 0 aromatic rings. The first-order valence-corrected chi connectivity index (χ1v) is 7.68. The smallest absolute Gasteiger partial charge is 0.322 e. The number of hydrogen-bond acceptors (Lipinski definition) is 5. The summed E-state index contributed by atoms with van der Waals surface area (Å²) in [4.78, 5) is 44.4. The van der Waals surface area contributed by atoms with E-state index in [2.05, 4.69) is 10.6 Å². The lowest BCUT2D eigenvalue weighted by Crippen LogP contribution is -2.49. The maximum absolute atomic E-state index is 11.7. The third-order valence-corrected chi connectivity index (χ3v) is 3.29. The van der Waals surface area contributed by atoms with Crippen molar-refractivity contribution >= 4 is 35.5 Å². The highest BCUT2D eigenvalue weighted by Gasteiger charge is 2.21. The summed E-state index contributed by atoms with van der Waals surface area (Å²) in [6.07, 6.45) is 1.91. The molecular formula is C12H20N2O6S. The van der Waals surface area contributed by atoms with Crippen LogP contribution in [0.3, 0.4) is 0 Å². The third kappa shape index (κ3) is 8.90. The quantitative estimate of drug-likeness (QED) is 0.428. The molecule has 21 heavy (non-hydrogen) atoms. The highest BCUT2D eigenvalue weighted by atomic mass is 32.2. The second-order valence-corrected chi connectivity index (χ2v) is 5.38. The van der Waals surface area contributed by atoms with Gasteiger partial charge in [-0.25, -0.2) is 0 Å². The number of amides is 2. The summed E-state index contributed by atoms with van der Waals surface area (Å²) >= 11 is 1.33. The molecule has 0 spiro atoms. The first kappa shape index (κ1) is 19.2. The Labute approximate surface area is 126 Å². The fourth-order valence-electron chi connectivity index (χ4n) is 1.37. The van der Waals surface area contributed by atoms with Crippen molar-refractivity contribution < 1.29 is 29.4 Å². The van der Waals surface area contributed by atoms with E-state index in [1.165, 1.54) is 18.7 Å². The normalized spacial score (nSPS) is 13.0. The van der Waals surface area contributed by atoms with Crippen LogP contribution < -0.4 is 10.6 Å². The molecule has 120 valence electrons. The van der Waals surface area contributed by atoms with Crippen LogP contribution in [0.2, 0.25) is 0 Å². The van der Waals surface area contributed by atoms with E-state index in [1.54, 1.807) is 6.26 Å². The van der Waals surface area contributed by atoms with Crippen molar-refractivity contribution in [1.29, 1.82) is 0 Å². The fraction of sp³-hybridized carbons (Fsp3) is 0.667. The van der Waals surface area contributed by atoms with Gasteiger partial charge in [-0.2, -0.15) is 11.8 Å². The number of hydrogen-bond donors (Lipinski definition) is 4. The zero-order chi connectivity index (χ0) is 16.4. The molecule has 0 aliphatic heterocycles. The highest BCUT2D eigenvalue weighted by Crippen LogP contribution is 2.06. The van der Waals surface area contributed by atoms with Crippen LogP contribution >= 0.6 is 11.8 Å². The SMILES string of the molecule is CSC[C@H](NC(=O)CC[C@H](C)C(=O)O)C(=O)NCC(=O)O. The van der Waals surface area contributed by atoms with Gasteiger partial charge in [0, 0.05) is 12.2 Å². The first-order chi connectivity index (χ1) is 9.77. The Hall–Kier alpha value is -1.77. The average Bonchev–Trinajstić information content (AvgIpc) is 2.41. The highest BCUT2D eigenvalue weighted by molar-refractivity contribution is 7.98. The summed E-state index contributed by atoms with van der Waals surface area (Å²) in [7, 11) is 0. The Morgan fingerprint density at radius 2 is 1.81 bits per heavy atom. The first-order valence-electron chi connectivity index (χ1n) is 6.28. The summed E-state index contributed by atoms with van der Waals surface area (Å²) in [5.74, 6) is -3.52. The van der Waals surface area contributed by atoms with Crippen molar-refractivity contribution in [1.82, 2.24) is 10.6 Å². The van der Waals surface area contributed by atoms with Gasteiger partial charge in [0.2, 0.25) is 11.8 Å². The number of carbonyl (C=O) groups excluding carboxylic acids is 2. The van der Waals surface area contributed by atoms with Gasteiger partial charge in [0.05, 0.1) is 5.92 Å². The molecule has 0 saturated carbocycles.